The maximum atomic E-state index is 11.5. The van der Waals surface area contributed by atoms with E-state index < -0.39 is 0 Å². The fourth-order valence-corrected chi connectivity index (χ4v) is 1.55. The summed E-state index contributed by atoms with van der Waals surface area (Å²) in [7, 11) is 0. The molecule has 0 aliphatic carbocycles. The van der Waals surface area contributed by atoms with Crippen LogP contribution in [-0.2, 0) is 11.3 Å². The summed E-state index contributed by atoms with van der Waals surface area (Å²) in [6, 6.07) is 9.86. The minimum atomic E-state index is -0.336. The van der Waals surface area contributed by atoms with Crippen molar-refractivity contribution in [1.82, 2.24) is 5.32 Å². The summed E-state index contributed by atoms with van der Waals surface area (Å²) in [5.74, 6) is 0. The Morgan fingerprint density at radius 1 is 1.35 bits per heavy atom. The molecule has 0 aromatic heterocycles. The largest absolute Gasteiger partial charge is 0.445 e. The van der Waals surface area contributed by atoms with Crippen LogP contribution in [0.2, 0.25) is 0 Å². The van der Waals surface area contributed by atoms with Gasteiger partial charge in [0.05, 0.1) is 0 Å². The third kappa shape index (κ3) is 5.95. The number of ether oxygens (including phenoxy) is 1. The lowest BCUT2D eigenvalue weighted by Gasteiger charge is -2.13. The van der Waals surface area contributed by atoms with Gasteiger partial charge in [-0.3, -0.25) is 0 Å². The maximum absolute atomic E-state index is 11.5. The van der Waals surface area contributed by atoms with E-state index in [1.165, 1.54) is 0 Å². The number of rotatable bonds is 6. The van der Waals surface area contributed by atoms with E-state index in [2.05, 4.69) is 12.2 Å². The predicted octanol–water partition coefficient (Wildman–Crippen LogP) is 3.49. The highest BCUT2D eigenvalue weighted by Gasteiger charge is 2.07. The smallest absolute Gasteiger partial charge is 0.407 e. The summed E-state index contributed by atoms with van der Waals surface area (Å²) in [5.41, 5.74) is 1.00. The summed E-state index contributed by atoms with van der Waals surface area (Å²) in [5, 5.41) is 2.82. The van der Waals surface area contributed by atoms with Crippen molar-refractivity contribution < 1.29 is 9.53 Å². The molecule has 94 valence electrons. The van der Waals surface area contributed by atoms with E-state index in [4.69, 9.17) is 4.74 Å². The van der Waals surface area contributed by atoms with Crippen molar-refractivity contribution in [3.8, 4) is 0 Å². The molecular formula is C14H21NO2. The van der Waals surface area contributed by atoms with Gasteiger partial charge in [-0.15, -0.1) is 0 Å². The molecule has 1 unspecified atom stereocenters. The van der Waals surface area contributed by atoms with Crippen molar-refractivity contribution in [2.45, 2.75) is 45.8 Å². The molecule has 0 spiro atoms. The molecule has 1 aromatic carbocycles. The molecule has 1 aromatic rings. The van der Waals surface area contributed by atoms with E-state index in [9.17, 15) is 4.79 Å². The van der Waals surface area contributed by atoms with Gasteiger partial charge >= 0.3 is 6.09 Å². The average molecular weight is 235 g/mol. The lowest BCUT2D eigenvalue weighted by Crippen LogP contribution is -2.32. The van der Waals surface area contributed by atoms with Gasteiger partial charge in [0, 0.05) is 6.04 Å². The van der Waals surface area contributed by atoms with Crippen LogP contribution < -0.4 is 5.32 Å². The second kappa shape index (κ2) is 7.71. The van der Waals surface area contributed by atoms with Gasteiger partial charge < -0.3 is 10.1 Å². The van der Waals surface area contributed by atoms with E-state index in [-0.39, 0.29) is 12.1 Å². The molecular weight excluding hydrogens is 214 g/mol. The number of amides is 1. The van der Waals surface area contributed by atoms with Crippen LogP contribution in [-0.4, -0.2) is 12.1 Å². The number of unbranched alkanes of at least 4 members (excludes halogenated alkanes) is 1. The molecule has 0 heterocycles. The second-order valence-corrected chi connectivity index (χ2v) is 4.25. The number of alkyl carbamates (subject to hydrolysis) is 1. The molecule has 1 amide bonds. The van der Waals surface area contributed by atoms with E-state index in [1.54, 1.807) is 0 Å². The van der Waals surface area contributed by atoms with Crippen LogP contribution in [0.15, 0.2) is 30.3 Å². The number of carbonyl (C=O) groups is 1. The summed E-state index contributed by atoms with van der Waals surface area (Å²) in [4.78, 5) is 11.5. The van der Waals surface area contributed by atoms with Crippen LogP contribution in [0.4, 0.5) is 4.79 Å². The molecule has 1 N–H and O–H groups in total. The summed E-state index contributed by atoms with van der Waals surface area (Å²) < 4.78 is 5.13. The van der Waals surface area contributed by atoms with Gasteiger partial charge in [0.25, 0.3) is 0 Å². The summed E-state index contributed by atoms with van der Waals surface area (Å²) >= 11 is 0. The minimum absolute atomic E-state index is 0.179. The highest BCUT2D eigenvalue weighted by Crippen LogP contribution is 2.02. The fraction of sp³-hybridized carbons (Fsp3) is 0.500. The van der Waals surface area contributed by atoms with Crippen LogP contribution in [0.1, 0.15) is 38.7 Å². The molecule has 0 saturated heterocycles. The molecule has 17 heavy (non-hydrogen) atoms. The van der Waals surface area contributed by atoms with Crippen molar-refractivity contribution >= 4 is 6.09 Å². The van der Waals surface area contributed by atoms with Crippen LogP contribution in [0.5, 0.6) is 0 Å². The zero-order valence-electron chi connectivity index (χ0n) is 10.6. The van der Waals surface area contributed by atoms with Crippen molar-refractivity contribution in [3.63, 3.8) is 0 Å². The molecule has 0 radical (unpaired) electrons. The SMILES string of the molecule is CCCCC(C)NC(=O)OCc1ccccc1. The van der Waals surface area contributed by atoms with Gasteiger partial charge in [-0.2, -0.15) is 0 Å². The third-order valence-electron chi connectivity index (χ3n) is 2.57. The Morgan fingerprint density at radius 3 is 2.71 bits per heavy atom. The number of nitrogens with one attached hydrogen (secondary N) is 1. The molecule has 0 saturated carbocycles. The monoisotopic (exact) mass is 235 g/mol. The van der Waals surface area contributed by atoms with Crippen LogP contribution in [0.25, 0.3) is 0 Å². The predicted molar refractivity (Wildman–Crippen MR) is 68.7 cm³/mol. The first kappa shape index (κ1) is 13.6. The normalized spacial score (nSPS) is 11.9. The van der Waals surface area contributed by atoms with Crippen molar-refractivity contribution in [3.05, 3.63) is 35.9 Å². The Bertz CT molecular complexity index is 324. The quantitative estimate of drug-likeness (QED) is 0.819. The average Bonchev–Trinajstić information content (AvgIpc) is 2.35. The lowest BCUT2D eigenvalue weighted by atomic mass is 10.1. The Kier molecular flexibility index (Phi) is 6.15. The Morgan fingerprint density at radius 2 is 2.06 bits per heavy atom. The number of carbonyl (C=O) groups excluding carboxylic acids is 1. The minimum Gasteiger partial charge on any atom is -0.445 e. The lowest BCUT2D eigenvalue weighted by molar-refractivity contribution is 0.136. The van der Waals surface area contributed by atoms with Gasteiger partial charge in [0.15, 0.2) is 0 Å². The molecule has 1 atom stereocenters. The molecule has 0 bridgehead atoms. The summed E-state index contributed by atoms with van der Waals surface area (Å²) in [6.07, 6.45) is 2.93. The van der Waals surface area contributed by atoms with Gasteiger partial charge in [0.1, 0.15) is 6.61 Å². The van der Waals surface area contributed by atoms with E-state index >= 15 is 0 Å². The maximum Gasteiger partial charge on any atom is 0.407 e. The Hall–Kier alpha value is -1.51. The molecule has 3 nitrogen and oxygen atoms in total. The van der Waals surface area contributed by atoms with Gasteiger partial charge in [-0.25, -0.2) is 4.79 Å². The zero-order valence-corrected chi connectivity index (χ0v) is 10.6. The van der Waals surface area contributed by atoms with Crippen molar-refractivity contribution in [2.75, 3.05) is 0 Å². The van der Waals surface area contributed by atoms with E-state index in [1.807, 2.05) is 37.3 Å². The fourth-order valence-electron chi connectivity index (χ4n) is 1.55. The van der Waals surface area contributed by atoms with Crippen molar-refractivity contribution in [1.29, 1.82) is 0 Å². The molecule has 0 fully saturated rings. The number of hydrogen-bond donors (Lipinski definition) is 1. The molecule has 3 heteroatoms. The van der Waals surface area contributed by atoms with Gasteiger partial charge in [-0.1, -0.05) is 50.1 Å². The topological polar surface area (TPSA) is 38.3 Å². The Labute approximate surface area is 103 Å². The van der Waals surface area contributed by atoms with E-state index in [0.717, 1.165) is 24.8 Å². The standard InChI is InChI=1S/C14H21NO2/c1-3-4-8-12(2)15-14(16)17-11-13-9-6-5-7-10-13/h5-7,9-10,12H,3-4,8,11H2,1-2H3,(H,15,16). The van der Waals surface area contributed by atoms with Crippen LogP contribution >= 0.6 is 0 Å². The van der Waals surface area contributed by atoms with E-state index in [0.29, 0.717) is 6.61 Å². The van der Waals surface area contributed by atoms with Gasteiger partial charge in [0.2, 0.25) is 0 Å². The first-order valence-corrected chi connectivity index (χ1v) is 6.19. The second-order valence-electron chi connectivity index (χ2n) is 4.25. The van der Waals surface area contributed by atoms with Gasteiger partial charge in [-0.05, 0) is 18.9 Å². The molecule has 1 rings (SSSR count). The Balaban J connectivity index is 2.21. The highest BCUT2D eigenvalue weighted by molar-refractivity contribution is 5.67. The first-order chi connectivity index (χ1) is 8.22. The molecule has 0 aliphatic rings. The van der Waals surface area contributed by atoms with Crippen molar-refractivity contribution in [2.24, 2.45) is 0 Å². The molecule has 0 aliphatic heterocycles. The van der Waals surface area contributed by atoms with Crippen LogP contribution in [0, 0.1) is 0 Å². The first-order valence-electron chi connectivity index (χ1n) is 6.19. The third-order valence-corrected chi connectivity index (χ3v) is 2.57. The zero-order chi connectivity index (χ0) is 12.5. The number of hydrogen-bond acceptors (Lipinski definition) is 2. The number of benzene rings is 1. The van der Waals surface area contributed by atoms with Crippen LogP contribution in [0.3, 0.4) is 0 Å². The highest BCUT2D eigenvalue weighted by atomic mass is 16.5. The summed E-state index contributed by atoms with van der Waals surface area (Å²) in [6.45, 7) is 4.47.